The van der Waals surface area contributed by atoms with Gasteiger partial charge in [-0.25, -0.2) is 0 Å². The maximum Gasteiger partial charge on any atom is 0.257 e. The Hall–Kier alpha value is -2.93. The van der Waals surface area contributed by atoms with E-state index in [4.69, 9.17) is 9.47 Å². The Kier molecular flexibility index (Phi) is 5.99. The highest BCUT2D eigenvalue weighted by atomic mass is 16.5. The molecule has 0 radical (unpaired) electrons. The van der Waals surface area contributed by atoms with Crippen molar-refractivity contribution in [1.82, 2.24) is 15.2 Å². The van der Waals surface area contributed by atoms with Gasteiger partial charge in [-0.05, 0) is 49.1 Å². The largest absolute Gasteiger partial charge is 0.493 e. The van der Waals surface area contributed by atoms with Crippen molar-refractivity contribution in [3.63, 3.8) is 0 Å². The molecular weight excluding hydrogens is 382 g/mol. The fourth-order valence-corrected chi connectivity index (χ4v) is 4.21. The molecule has 158 valence electrons. The predicted octanol–water partition coefficient (Wildman–Crippen LogP) is 2.42. The number of pyridine rings is 1. The Balaban J connectivity index is 1.25. The van der Waals surface area contributed by atoms with Gasteiger partial charge in [-0.2, -0.15) is 0 Å². The van der Waals surface area contributed by atoms with E-state index in [1.807, 2.05) is 37.3 Å². The second-order valence-electron chi connectivity index (χ2n) is 7.99. The quantitative estimate of drug-likeness (QED) is 0.760. The average Bonchev–Trinajstić information content (AvgIpc) is 3.16. The molecule has 7 heteroatoms. The second-order valence-corrected chi connectivity index (χ2v) is 7.99. The van der Waals surface area contributed by atoms with Crippen LogP contribution in [0.25, 0.3) is 0 Å². The number of hydrogen-bond donors (Lipinski definition) is 1. The fraction of sp³-hybridized carbons (Fsp3) is 0.435. The van der Waals surface area contributed by atoms with E-state index >= 15 is 0 Å². The van der Waals surface area contributed by atoms with Gasteiger partial charge in [0.05, 0.1) is 31.9 Å². The molecule has 1 aromatic heterocycles. The standard InChI is InChI=1S/C23H27N3O4/c1-2-29-20-6-4-3-5-19(20)22(28)26-15-23(16-26)12-18(14-30-23)11-21(27)25-13-17-7-9-24-10-8-17/h3-10,18H,2,11-16H2,1H3,(H,25,27). The zero-order valence-corrected chi connectivity index (χ0v) is 17.2. The summed E-state index contributed by atoms with van der Waals surface area (Å²) in [5.41, 5.74) is 1.30. The molecular formula is C23H27N3O4. The van der Waals surface area contributed by atoms with E-state index in [9.17, 15) is 9.59 Å². The van der Waals surface area contributed by atoms with Gasteiger partial charge in [-0.3, -0.25) is 14.6 Å². The minimum absolute atomic E-state index is 0.0235. The Morgan fingerprint density at radius 3 is 2.77 bits per heavy atom. The monoisotopic (exact) mass is 409 g/mol. The first-order valence-corrected chi connectivity index (χ1v) is 10.4. The van der Waals surface area contributed by atoms with Crippen LogP contribution in [0.2, 0.25) is 0 Å². The summed E-state index contributed by atoms with van der Waals surface area (Å²) in [6.07, 6.45) is 4.67. The molecule has 2 fully saturated rings. The van der Waals surface area contributed by atoms with Crippen molar-refractivity contribution < 1.29 is 19.1 Å². The summed E-state index contributed by atoms with van der Waals surface area (Å²) in [6, 6.07) is 11.1. The molecule has 1 aromatic carbocycles. The molecule has 2 aromatic rings. The van der Waals surface area contributed by atoms with Crippen molar-refractivity contribution in [2.45, 2.75) is 31.9 Å². The minimum Gasteiger partial charge on any atom is -0.493 e. The fourth-order valence-electron chi connectivity index (χ4n) is 4.21. The molecule has 2 aliphatic heterocycles. The van der Waals surface area contributed by atoms with E-state index < -0.39 is 0 Å². The number of nitrogens with zero attached hydrogens (tertiary/aromatic N) is 2. The van der Waals surface area contributed by atoms with Gasteiger partial charge in [0.25, 0.3) is 5.91 Å². The van der Waals surface area contributed by atoms with Crippen molar-refractivity contribution in [2.24, 2.45) is 5.92 Å². The lowest BCUT2D eigenvalue weighted by atomic mass is 9.85. The molecule has 3 heterocycles. The van der Waals surface area contributed by atoms with Crippen LogP contribution in [0.4, 0.5) is 0 Å². The van der Waals surface area contributed by atoms with E-state index in [2.05, 4.69) is 10.3 Å². The average molecular weight is 409 g/mol. The number of aromatic nitrogens is 1. The van der Waals surface area contributed by atoms with Crippen LogP contribution in [0.3, 0.4) is 0 Å². The minimum atomic E-state index is -0.313. The number of para-hydroxylation sites is 1. The highest BCUT2D eigenvalue weighted by molar-refractivity contribution is 5.97. The van der Waals surface area contributed by atoms with E-state index in [-0.39, 0.29) is 23.3 Å². The Morgan fingerprint density at radius 2 is 2.00 bits per heavy atom. The lowest BCUT2D eigenvalue weighted by Crippen LogP contribution is -2.63. The van der Waals surface area contributed by atoms with Gasteiger partial charge < -0.3 is 19.7 Å². The summed E-state index contributed by atoms with van der Waals surface area (Å²) in [5.74, 6) is 0.777. The maximum absolute atomic E-state index is 12.9. The first-order chi connectivity index (χ1) is 14.6. The van der Waals surface area contributed by atoms with Crippen LogP contribution in [-0.4, -0.2) is 53.6 Å². The van der Waals surface area contributed by atoms with Crippen molar-refractivity contribution >= 4 is 11.8 Å². The normalized spacial score (nSPS) is 19.4. The summed E-state index contributed by atoms with van der Waals surface area (Å²) in [5, 5.41) is 2.96. The number of benzene rings is 1. The van der Waals surface area contributed by atoms with Crippen LogP contribution in [0.15, 0.2) is 48.8 Å². The lowest BCUT2D eigenvalue weighted by molar-refractivity contribution is -0.122. The number of likely N-dealkylation sites (tertiary alicyclic amines) is 1. The van der Waals surface area contributed by atoms with Crippen LogP contribution >= 0.6 is 0 Å². The van der Waals surface area contributed by atoms with Gasteiger partial charge in [-0.15, -0.1) is 0 Å². The van der Waals surface area contributed by atoms with Gasteiger partial charge in [-0.1, -0.05) is 12.1 Å². The van der Waals surface area contributed by atoms with Crippen LogP contribution in [0.5, 0.6) is 5.75 Å². The van der Waals surface area contributed by atoms with Crippen molar-refractivity contribution in [2.75, 3.05) is 26.3 Å². The molecule has 2 amide bonds. The molecule has 0 aliphatic carbocycles. The summed E-state index contributed by atoms with van der Waals surface area (Å²) >= 11 is 0. The Bertz CT molecular complexity index is 896. The summed E-state index contributed by atoms with van der Waals surface area (Å²) in [4.78, 5) is 30.9. The topological polar surface area (TPSA) is 80.8 Å². The molecule has 30 heavy (non-hydrogen) atoms. The predicted molar refractivity (Wildman–Crippen MR) is 111 cm³/mol. The third-order valence-electron chi connectivity index (χ3n) is 5.66. The van der Waals surface area contributed by atoms with Crippen molar-refractivity contribution in [1.29, 1.82) is 0 Å². The number of rotatable bonds is 7. The number of carbonyl (C=O) groups excluding carboxylic acids is 2. The highest BCUT2D eigenvalue weighted by Crippen LogP contribution is 2.40. The van der Waals surface area contributed by atoms with Crippen LogP contribution in [0.1, 0.15) is 35.7 Å². The van der Waals surface area contributed by atoms with Crippen LogP contribution in [-0.2, 0) is 16.1 Å². The van der Waals surface area contributed by atoms with Crippen LogP contribution < -0.4 is 10.1 Å². The summed E-state index contributed by atoms with van der Waals surface area (Å²) < 4.78 is 11.6. The highest BCUT2D eigenvalue weighted by Gasteiger charge is 2.51. The van der Waals surface area contributed by atoms with Gasteiger partial charge in [0.2, 0.25) is 5.91 Å². The molecule has 7 nitrogen and oxygen atoms in total. The van der Waals surface area contributed by atoms with Crippen LogP contribution in [0, 0.1) is 5.92 Å². The van der Waals surface area contributed by atoms with Gasteiger partial charge in [0.1, 0.15) is 11.4 Å². The first-order valence-electron chi connectivity index (χ1n) is 10.4. The van der Waals surface area contributed by atoms with Gasteiger partial charge in [0, 0.05) is 25.4 Å². The van der Waals surface area contributed by atoms with E-state index in [0.29, 0.717) is 50.6 Å². The molecule has 4 rings (SSSR count). The van der Waals surface area contributed by atoms with E-state index in [1.54, 1.807) is 23.4 Å². The number of ether oxygens (including phenoxy) is 2. The Morgan fingerprint density at radius 1 is 1.23 bits per heavy atom. The Labute approximate surface area is 176 Å². The number of nitrogens with one attached hydrogen (secondary N) is 1. The molecule has 2 saturated heterocycles. The number of carbonyl (C=O) groups is 2. The maximum atomic E-state index is 12.9. The molecule has 1 atom stereocenters. The second kappa shape index (κ2) is 8.83. The van der Waals surface area contributed by atoms with Gasteiger partial charge in [0.15, 0.2) is 0 Å². The molecule has 0 bridgehead atoms. The summed E-state index contributed by atoms with van der Waals surface area (Å²) in [7, 11) is 0. The SMILES string of the molecule is CCOc1ccccc1C(=O)N1CC2(CC(CC(=O)NCc3ccncc3)CO2)C1. The van der Waals surface area contributed by atoms with E-state index in [0.717, 1.165) is 12.0 Å². The molecule has 0 saturated carbocycles. The lowest BCUT2D eigenvalue weighted by Gasteiger charge is -2.47. The number of amides is 2. The molecule has 1 spiro atoms. The smallest absolute Gasteiger partial charge is 0.257 e. The van der Waals surface area contributed by atoms with Crippen molar-refractivity contribution in [3.05, 3.63) is 59.9 Å². The first kappa shape index (κ1) is 20.3. The van der Waals surface area contributed by atoms with E-state index in [1.165, 1.54) is 0 Å². The zero-order valence-electron chi connectivity index (χ0n) is 17.2. The molecule has 1 unspecified atom stereocenters. The van der Waals surface area contributed by atoms with Crippen molar-refractivity contribution in [3.8, 4) is 5.75 Å². The number of hydrogen-bond acceptors (Lipinski definition) is 5. The summed E-state index contributed by atoms with van der Waals surface area (Å²) in [6.45, 7) is 4.59. The molecule has 1 N–H and O–H groups in total. The third kappa shape index (κ3) is 4.46. The molecule has 2 aliphatic rings. The van der Waals surface area contributed by atoms with Gasteiger partial charge >= 0.3 is 0 Å². The third-order valence-corrected chi connectivity index (χ3v) is 5.66. The zero-order chi connectivity index (χ0) is 21.0.